The van der Waals surface area contributed by atoms with E-state index in [0.717, 1.165) is 17.0 Å². The summed E-state index contributed by atoms with van der Waals surface area (Å²) in [5.74, 6) is -4.15. The standard InChI is InChI=1S/C18H13Cl2F3N2O2/c19-10-5-12(21)13(6-11(10)20)24-17(27)25-14-7-18(22,23)16(25)15(26)9-4-2-1-3-8(9)14/h1-6,14-16,26H,7H2,(H,24,27). The number of carbonyl (C=O) groups is 1. The number of nitrogens with zero attached hydrogens (tertiary/aromatic N) is 1. The lowest BCUT2D eigenvalue weighted by molar-refractivity contribution is -0.0747. The van der Waals surface area contributed by atoms with Gasteiger partial charge in [-0.05, 0) is 23.3 Å². The fraction of sp³-hybridized carbons (Fsp3) is 0.278. The van der Waals surface area contributed by atoms with Crippen molar-refractivity contribution in [2.45, 2.75) is 30.5 Å². The predicted octanol–water partition coefficient (Wildman–Crippen LogP) is 5.16. The highest BCUT2D eigenvalue weighted by Gasteiger charge is 2.62. The monoisotopic (exact) mass is 416 g/mol. The number of aliphatic hydroxyl groups excluding tert-OH is 1. The van der Waals surface area contributed by atoms with E-state index >= 15 is 0 Å². The first-order chi connectivity index (χ1) is 12.7. The molecule has 142 valence electrons. The molecule has 2 aliphatic rings. The molecule has 27 heavy (non-hydrogen) atoms. The highest BCUT2D eigenvalue weighted by Crippen LogP contribution is 2.55. The molecule has 0 spiro atoms. The Morgan fingerprint density at radius 2 is 1.81 bits per heavy atom. The van der Waals surface area contributed by atoms with Crippen LogP contribution >= 0.6 is 23.2 Å². The summed E-state index contributed by atoms with van der Waals surface area (Å²) < 4.78 is 43.2. The van der Waals surface area contributed by atoms with Crippen LogP contribution < -0.4 is 5.32 Å². The number of fused-ring (bicyclic) bond motifs is 4. The van der Waals surface area contributed by atoms with Crippen LogP contribution in [-0.2, 0) is 0 Å². The highest BCUT2D eigenvalue weighted by molar-refractivity contribution is 6.42. The molecule has 0 saturated carbocycles. The molecule has 2 bridgehead atoms. The van der Waals surface area contributed by atoms with Crippen molar-refractivity contribution in [2.24, 2.45) is 0 Å². The average molecular weight is 417 g/mol. The van der Waals surface area contributed by atoms with Crippen LogP contribution in [0.2, 0.25) is 10.0 Å². The van der Waals surface area contributed by atoms with Crippen LogP contribution in [-0.4, -0.2) is 28.0 Å². The lowest BCUT2D eigenvalue weighted by atomic mass is 9.91. The van der Waals surface area contributed by atoms with Crippen LogP contribution in [0, 0.1) is 5.82 Å². The summed E-state index contributed by atoms with van der Waals surface area (Å²) in [4.78, 5) is 13.6. The van der Waals surface area contributed by atoms with E-state index < -0.39 is 42.4 Å². The number of hydrogen-bond acceptors (Lipinski definition) is 2. The van der Waals surface area contributed by atoms with E-state index in [1.165, 1.54) is 0 Å². The Morgan fingerprint density at radius 1 is 1.19 bits per heavy atom. The van der Waals surface area contributed by atoms with Gasteiger partial charge >= 0.3 is 6.03 Å². The normalized spacial score (nSPS) is 25.3. The van der Waals surface area contributed by atoms with Gasteiger partial charge in [0, 0.05) is 6.42 Å². The summed E-state index contributed by atoms with van der Waals surface area (Å²) in [6.45, 7) is 0. The highest BCUT2D eigenvalue weighted by atomic mass is 35.5. The van der Waals surface area contributed by atoms with Crippen LogP contribution in [0.1, 0.15) is 29.7 Å². The minimum absolute atomic E-state index is 0.00527. The van der Waals surface area contributed by atoms with E-state index in [-0.39, 0.29) is 15.7 Å². The fourth-order valence-electron chi connectivity index (χ4n) is 3.84. The van der Waals surface area contributed by atoms with Gasteiger partial charge in [-0.15, -0.1) is 0 Å². The molecule has 1 fully saturated rings. The van der Waals surface area contributed by atoms with Crippen LogP contribution in [0.25, 0.3) is 0 Å². The summed E-state index contributed by atoms with van der Waals surface area (Å²) in [6.07, 6.45) is -2.18. The van der Waals surface area contributed by atoms with Gasteiger partial charge in [-0.3, -0.25) is 0 Å². The van der Waals surface area contributed by atoms with Gasteiger partial charge in [0.15, 0.2) is 0 Å². The average Bonchev–Trinajstić information content (AvgIpc) is 2.85. The van der Waals surface area contributed by atoms with Crippen LogP contribution in [0.4, 0.5) is 23.7 Å². The molecule has 2 aromatic rings. The molecular weight excluding hydrogens is 404 g/mol. The minimum Gasteiger partial charge on any atom is -0.386 e. The van der Waals surface area contributed by atoms with Gasteiger partial charge in [0.2, 0.25) is 0 Å². The van der Waals surface area contributed by atoms with Crippen molar-refractivity contribution in [3.63, 3.8) is 0 Å². The second-order valence-electron chi connectivity index (χ2n) is 6.58. The molecule has 0 aromatic heterocycles. The summed E-state index contributed by atoms with van der Waals surface area (Å²) in [7, 11) is 0. The minimum atomic E-state index is -3.30. The predicted molar refractivity (Wildman–Crippen MR) is 94.8 cm³/mol. The Balaban J connectivity index is 1.72. The smallest absolute Gasteiger partial charge is 0.323 e. The molecule has 0 radical (unpaired) electrons. The maximum Gasteiger partial charge on any atom is 0.323 e. The molecule has 3 unspecified atom stereocenters. The molecule has 9 heteroatoms. The van der Waals surface area contributed by atoms with Gasteiger partial charge in [0.05, 0.1) is 21.8 Å². The van der Waals surface area contributed by atoms with Crippen molar-refractivity contribution in [3.8, 4) is 0 Å². The molecule has 2 N–H and O–H groups in total. The van der Waals surface area contributed by atoms with Crippen molar-refractivity contribution >= 4 is 34.9 Å². The second kappa shape index (κ2) is 6.29. The molecule has 2 aliphatic heterocycles. The number of halogens is 5. The molecule has 0 aliphatic carbocycles. The van der Waals surface area contributed by atoms with Gasteiger partial charge in [0.1, 0.15) is 18.0 Å². The number of aliphatic hydroxyl groups is 1. The molecule has 4 rings (SSSR count). The Kier molecular flexibility index (Phi) is 4.29. The first-order valence-corrected chi connectivity index (χ1v) is 8.85. The number of nitrogens with one attached hydrogen (secondary N) is 1. The van der Waals surface area contributed by atoms with Crippen molar-refractivity contribution in [3.05, 3.63) is 63.4 Å². The Morgan fingerprint density at radius 3 is 2.52 bits per heavy atom. The maximum absolute atomic E-state index is 14.6. The number of rotatable bonds is 1. The first kappa shape index (κ1) is 18.4. The lowest BCUT2D eigenvalue weighted by Gasteiger charge is -2.39. The largest absolute Gasteiger partial charge is 0.386 e. The van der Waals surface area contributed by atoms with E-state index in [0.29, 0.717) is 11.1 Å². The van der Waals surface area contributed by atoms with Crippen molar-refractivity contribution < 1.29 is 23.1 Å². The van der Waals surface area contributed by atoms with Crippen molar-refractivity contribution in [2.75, 3.05) is 5.32 Å². The number of amides is 2. The van der Waals surface area contributed by atoms with Gasteiger partial charge in [-0.25, -0.2) is 18.0 Å². The third-order valence-corrected chi connectivity index (χ3v) is 5.71. The summed E-state index contributed by atoms with van der Waals surface area (Å²) >= 11 is 11.5. The van der Waals surface area contributed by atoms with Crippen molar-refractivity contribution in [1.82, 2.24) is 4.90 Å². The number of hydrogen-bond donors (Lipinski definition) is 2. The first-order valence-electron chi connectivity index (χ1n) is 8.09. The van der Waals surface area contributed by atoms with Gasteiger partial charge in [-0.1, -0.05) is 47.5 Å². The number of alkyl halides is 2. The van der Waals surface area contributed by atoms with E-state index in [2.05, 4.69) is 5.32 Å². The zero-order chi connectivity index (χ0) is 19.5. The SMILES string of the molecule is O=C(Nc1cc(Cl)c(Cl)cc1F)N1C2CC(F)(F)C1C(O)c1ccccc12. The molecule has 2 amide bonds. The second-order valence-corrected chi connectivity index (χ2v) is 7.40. The Labute approximate surface area is 162 Å². The van der Waals surface area contributed by atoms with E-state index in [4.69, 9.17) is 23.2 Å². The maximum atomic E-state index is 14.6. The lowest BCUT2D eigenvalue weighted by Crippen LogP contribution is -2.51. The zero-order valence-electron chi connectivity index (χ0n) is 13.6. The van der Waals surface area contributed by atoms with Crippen LogP contribution in [0.5, 0.6) is 0 Å². The summed E-state index contributed by atoms with van der Waals surface area (Å²) in [6, 6.07) is 4.84. The van der Waals surface area contributed by atoms with Crippen LogP contribution in [0.3, 0.4) is 0 Å². The Bertz CT molecular complexity index is 941. The van der Waals surface area contributed by atoms with E-state index in [1.54, 1.807) is 24.3 Å². The summed E-state index contributed by atoms with van der Waals surface area (Å²) in [5.41, 5.74) is 0.531. The van der Waals surface area contributed by atoms with Crippen LogP contribution in [0.15, 0.2) is 36.4 Å². The molecule has 2 heterocycles. The number of urea groups is 1. The van der Waals surface area contributed by atoms with E-state index in [9.17, 15) is 23.1 Å². The third-order valence-electron chi connectivity index (χ3n) is 4.99. The van der Waals surface area contributed by atoms with Gasteiger partial charge in [-0.2, -0.15) is 0 Å². The molecular formula is C18H13Cl2F3N2O2. The van der Waals surface area contributed by atoms with Gasteiger partial charge < -0.3 is 15.3 Å². The quantitative estimate of drug-likeness (QED) is 0.630. The third kappa shape index (κ3) is 2.85. The zero-order valence-corrected chi connectivity index (χ0v) is 15.1. The fourth-order valence-corrected chi connectivity index (χ4v) is 4.15. The summed E-state index contributed by atoms with van der Waals surface area (Å²) in [5, 5.41) is 12.7. The van der Waals surface area contributed by atoms with Gasteiger partial charge in [0.25, 0.3) is 5.92 Å². The number of anilines is 1. The number of benzene rings is 2. The topological polar surface area (TPSA) is 52.6 Å². The number of carbonyl (C=O) groups excluding carboxylic acids is 1. The van der Waals surface area contributed by atoms with E-state index in [1.807, 2.05) is 0 Å². The molecule has 4 nitrogen and oxygen atoms in total. The van der Waals surface area contributed by atoms with Crippen molar-refractivity contribution in [1.29, 1.82) is 0 Å². The Hall–Kier alpha value is -1.96. The molecule has 1 saturated heterocycles. The molecule has 2 aromatic carbocycles. The molecule has 3 atom stereocenters.